The summed E-state index contributed by atoms with van der Waals surface area (Å²) in [5.41, 5.74) is 2.59. The number of fused-ring (bicyclic) bond motifs is 1. The van der Waals surface area contributed by atoms with E-state index in [1.54, 1.807) is 30.6 Å². The highest BCUT2D eigenvalue weighted by atomic mass is 16.2. The first-order valence-electron chi connectivity index (χ1n) is 10.5. The average Bonchev–Trinajstić information content (AvgIpc) is 2.83. The number of nitrogens with zero attached hydrogens (tertiary/aromatic N) is 3. The van der Waals surface area contributed by atoms with Gasteiger partial charge >= 0.3 is 5.69 Å². The molecule has 0 bridgehead atoms. The second kappa shape index (κ2) is 9.51. The first-order chi connectivity index (χ1) is 15.5. The molecule has 164 valence electrons. The van der Waals surface area contributed by atoms with Gasteiger partial charge in [0.25, 0.3) is 5.56 Å². The summed E-state index contributed by atoms with van der Waals surface area (Å²) >= 11 is 0. The lowest BCUT2D eigenvalue weighted by Gasteiger charge is -2.19. The smallest absolute Gasteiger partial charge is 0.328 e. The fourth-order valence-corrected chi connectivity index (χ4v) is 3.93. The number of H-pyrrole nitrogens is 1. The number of amides is 1. The molecule has 9 heteroatoms. The van der Waals surface area contributed by atoms with Crippen LogP contribution >= 0.6 is 0 Å². The first kappa shape index (κ1) is 21.4. The molecule has 3 aromatic rings. The molecule has 9 nitrogen and oxygen atoms in total. The van der Waals surface area contributed by atoms with Crippen molar-refractivity contribution in [3.05, 3.63) is 80.6 Å². The molecule has 0 atom stereocenters. The predicted molar refractivity (Wildman–Crippen MR) is 117 cm³/mol. The molecule has 0 saturated carbocycles. The van der Waals surface area contributed by atoms with Gasteiger partial charge in [-0.15, -0.1) is 0 Å². The van der Waals surface area contributed by atoms with Gasteiger partial charge in [-0.05, 0) is 37.3 Å². The van der Waals surface area contributed by atoms with E-state index in [9.17, 15) is 19.2 Å². The number of nitrogens with one attached hydrogen (secondary N) is 2. The quantitative estimate of drug-likeness (QED) is 0.540. The Bertz CT molecular complexity index is 1260. The number of hydrogen-bond donors (Lipinski definition) is 2. The van der Waals surface area contributed by atoms with Crippen LogP contribution in [-0.4, -0.2) is 37.8 Å². The number of rotatable bonds is 7. The minimum Gasteiger partial charge on any atom is -0.349 e. The third kappa shape index (κ3) is 4.72. The Morgan fingerprint density at radius 2 is 1.84 bits per heavy atom. The highest BCUT2D eigenvalue weighted by molar-refractivity contribution is 6.00. The fraction of sp³-hybridized carbons (Fsp3) is 0.304. The van der Waals surface area contributed by atoms with Crippen molar-refractivity contribution in [2.75, 3.05) is 6.54 Å². The Balaban J connectivity index is 1.37. The van der Waals surface area contributed by atoms with Gasteiger partial charge in [0.1, 0.15) is 6.33 Å². The van der Waals surface area contributed by atoms with Crippen molar-refractivity contribution in [3.8, 4) is 11.1 Å². The number of Topliss-reactive ketones (excluding diaryl/α,β-unsaturated/α-hetero) is 1. The summed E-state index contributed by atoms with van der Waals surface area (Å²) in [6, 6.07) is 7.05. The Kier molecular flexibility index (Phi) is 6.34. The molecular formula is C23H23N5O4. The van der Waals surface area contributed by atoms with Crippen LogP contribution in [0.5, 0.6) is 0 Å². The van der Waals surface area contributed by atoms with Gasteiger partial charge < -0.3 is 5.32 Å². The summed E-state index contributed by atoms with van der Waals surface area (Å²) in [6.07, 6.45) is 7.90. The molecule has 0 aliphatic heterocycles. The summed E-state index contributed by atoms with van der Waals surface area (Å²) in [5, 5.41) is 2.62. The third-order valence-corrected chi connectivity index (χ3v) is 5.59. The van der Waals surface area contributed by atoms with Gasteiger partial charge in [0.2, 0.25) is 5.91 Å². The second-order valence-corrected chi connectivity index (χ2v) is 7.70. The minimum atomic E-state index is -0.499. The number of aromatic nitrogens is 4. The molecule has 0 spiro atoms. The van der Waals surface area contributed by atoms with Crippen LogP contribution in [0.25, 0.3) is 11.1 Å². The monoisotopic (exact) mass is 433 g/mol. The van der Waals surface area contributed by atoms with E-state index in [0.29, 0.717) is 24.0 Å². The lowest BCUT2D eigenvalue weighted by Crippen LogP contribution is -2.38. The molecule has 0 saturated heterocycles. The van der Waals surface area contributed by atoms with Gasteiger partial charge in [0.05, 0.1) is 6.54 Å². The normalized spacial score (nSPS) is 12.8. The summed E-state index contributed by atoms with van der Waals surface area (Å²) < 4.78 is 1.47. The highest BCUT2D eigenvalue weighted by Gasteiger charge is 2.19. The van der Waals surface area contributed by atoms with Crippen LogP contribution in [-0.2, 0) is 24.2 Å². The Morgan fingerprint density at radius 1 is 1.06 bits per heavy atom. The molecule has 0 radical (unpaired) electrons. The van der Waals surface area contributed by atoms with Crippen molar-refractivity contribution in [1.29, 1.82) is 0 Å². The lowest BCUT2D eigenvalue weighted by atomic mass is 9.97. The van der Waals surface area contributed by atoms with E-state index in [0.717, 1.165) is 29.7 Å². The standard InChI is InChI=1S/C23H23N5O4/c29-20(16-5-3-4-15(10-16)17-11-24-14-25-12-17)13-26-21(30)8-9-28-19-7-2-1-6-18(19)22(31)27-23(28)32/h3-5,10-12,14H,1-2,6-9,13H2,(H,26,30)(H,27,31,32). The van der Waals surface area contributed by atoms with Crippen LogP contribution < -0.4 is 16.6 Å². The summed E-state index contributed by atoms with van der Waals surface area (Å²) in [7, 11) is 0. The summed E-state index contributed by atoms with van der Waals surface area (Å²) in [6.45, 7) is 0.00761. The Morgan fingerprint density at radius 3 is 2.66 bits per heavy atom. The average molecular weight is 433 g/mol. The molecule has 2 N–H and O–H groups in total. The minimum absolute atomic E-state index is 0.0348. The molecule has 4 rings (SSSR count). The maximum Gasteiger partial charge on any atom is 0.328 e. The van der Waals surface area contributed by atoms with Crippen LogP contribution in [0, 0.1) is 0 Å². The summed E-state index contributed by atoms with van der Waals surface area (Å²) in [4.78, 5) is 59.4. The van der Waals surface area contributed by atoms with E-state index in [4.69, 9.17) is 0 Å². The maximum absolute atomic E-state index is 12.5. The molecule has 1 aromatic carbocycles. The van der Waals surface area contributed by atoms with Crippen LogP contribution in [0.3, 0.4) is 0 Å². The molecule has 2 aromatic heterocycles. The maximum atomic E-state index is 12.5. The van der Waals surface area contributed by atoms with Crippen molar-refractivity contribution >= 4 is 11.7 Å². The van der Waals surface area contributed by atoms with E-state index in [-0.39, 0.29) is 36.8 Å². The van der Waals surface area contributed by atoms with Crippen molar-refractivity contribution < 1.29 is 9.59 Å². The summed E-state index contributed by atoms with van der Waals surface area (Å²) in [5.74, 6) is -0.565. The predicted octanol–water partition coefficient (Wildman–Crippen LogP) is 1.26. The zero-order chi connectivity index (χ0) is 22.5. The van der Waals surface area contributed by atoms with Crippen molar-refractivity contribution in [3.63, 3.8) is 0 Å². The third-order valence-electron chi connectivity index (χ3n) is 5.59. The zero-order valence-electron chi connectivity index (χ0n) is 17.5. The van der Waals surface area contributed by atoms with Crippen molar-refractivity contribution in [2.45, 2.75) is 38.6 Å². The van der Waals surface area contributed by atoms with Crippen molar-refractivity contribution in [1.82, 2.24) is 24.8 Å². The fourth-order valence-electron chi connectivity index (χ4n) is 3.93. The van der Waals surface area contributed by atoms with Gasteiger partial charge in [-0.3, -0.25) is 23.9 Å². The van der Waals surface area contributed by atoms with E-state index in [1.165, 1.54) is 10.9 Å². The van der Waals surface area contributed by atoms with Gasteiger partial charge in [-0.25, -0.2) is 14.8 Å². The zero-order valence-corrected chi connectivity index (χ0v) is 17.5. The first-order valence-corrected chi connectivity index (χ1v) is 10.5. The highest BCUT2D eigenvalue weighted by Crippen LogP contribution is 2.19. The molecular weight excluding hydrogens is 410 g/mol. The van der Waals surface area contributed by atoms with Crippen LogP contribution in [0.2, 0.25) is 0 Å². The van der Waals surface area contributed by atoms with Crippen molar-refractivity contribution in [2.24, 2.45) is 0 Å². The molecule has 1 aliphatic carbocycles. The molecule has 2 heterocycles. The van der Waals surface area contributed by atoms with Crippen LogP contribution in [0.4, 0.5) is 0 Å². The Labute approximate surface area is 183 Å². The lowest BCUT2D eigenvalue weighted by molar-refractivity contribution is -0.121. The Hall–Kier alpha value is -3.88. The number of carbonyl (C=O) groups excluding carboxylic acids is 2. The van der Waals surface area contributed by atoms with Gasteiger partial charge in [-0.2, -0.15) is 0 Å². The number of benzene rings is 1. The van der Waals surface area contributed by atoms with E-state index in [1.807, 2.05) is 6.07 Å². The second-order valence-electron chi connectivity index (χ2n) is 7.70. The number of carbonyl (C=O) groups is 2. The van der Waals surface area contributed by atoms with E-state index >= 15 is 0 Å². The topological polar surface area (TPSA) is 127 Å². The van der Waals surface area contributed by atoms with Crippen LogP contribution in [0.15, 0.2) is 52.6 Å². The number of ketones is 1. The van der Waals surface area contributed by atoms with Crippen LogP contribution in [0.1, 0.15) is 40.9 Å². The van der Waals surface area contributed by atoms with Gasteiger partial charge in [0, 0.05) is 47.7 Å². The van der Waals surface area contributed by atoms with E-state index < -0.39 is 5.69 Å². The van der Waals surface area contributed by atoms with Gasteiger partial charge in [0.15, 0.2) is 5.78 Å². The number of hydrogen-bond acceptors (Lipinski definition) is 6. The largest absolute Gasteiger partial charge is 0.349 e. The number of aromatic amines is 1. The molecule has 1 amide bonds. The molecule has 0 unspecified atom stereocenters. The molecule has 32 heavy (non-hydrogen) atoms. The molecule has 1 aliphatic rings. The van der Waals surface area contributed by atoms with E-state index in [2.05, 4.69) is 20.3 Å². The molecule has 0 fully saturated rings. The van der Waals surface area contributed by atoms with Gasteiger partial charge in [-0.1, -0.05) is 18.2 Å². The SMILES string of the molecule is O=C(CCn1c2c(c(=O)[nH]c1=O)CCCC2)NCC(=O)c1cccc(-c2cncnc2)c1.